The third-order valence-electron chi connectivity index (χ3n) is 1.56. The van der Waals surface area contributed by atoms with Crippen LogP contribution < -0.4 is 4.78 Å². The molecule has 0 bridgehead atoms. The number of fused-ring (bicyclic) bond motifs is 1. The number of benzene rings is 1. The topological polar surface area (TPSA) is 17.1 Å². The molecule has 1 aromatic carbocycles. The van der Waals surface area contributed by atoms with Gasteiger partial charge in [-0.25, -0.2) is 0 Å². The summed E-state index contributed by atoms with van der Waals surface area (Å²) in [6.07, 6.45) is 0. The van der Waals surface area contributed by atoms with Crippen molar-refractivity contribution in [2.45, 2.75) is 0 Å². The van der Waals surface area contributed by atoms with Crippen LogP contribution in [0.15, 0.2) is 30.3 Å². The van der Waals surface area contributed by atoms with Gasteiger partial charge in [0.05, 0.1) is 0 Å². The molecule has 2 rings (SSSR count). The maximum absolute atomic E-state index is 10.4. The van der Waals surface area contributed by atoms with Gasteiger partial charge in [0.2, 0.25) is 0 Å². The van der Waals surface area contributed by atoms with Crippen LogP contribution in [0.1, 0.15) is 0 Å². The molecule has 2 aromatic rings. The maximum atomic E-state index is 10.4. The summed E-state index contributed by atoms with van der Waals surface area (Å²) in [6.45, 7) is 0. The van der Waals surface area contributed by atoms with Crippen molar-refractivity contribution in [2.24, 2.45) is 0 Å². The van der Waals surface area contributed by atoms with Crippen molar-refractivity contribution in [3.05, 3.63) is 30.3 Å². The van der Waals surface area contributed by atoms with Crippen LogP contribution in [0.3, 0.4) is 0 Å². The average Bonchev–Trinajstić information content (AvgIpc) is 2.46. The molecule has 0 radical (unpaired) electrons. The normalized spacial score (nSPS) is 9.82. The first-order chi connectivity index (χ1) is 5.40. The van der Waals surface area contributed by atoms with Crippen LogP contribution in [0.5, 0.6) is 0 Å². The van der Waals surface area contributed by atoms with E-state index >= 15 is 0 Å². The standard InChI is InChI=1S/C8H5BOS/c10-9-8-5-6-3-1-2-4-7(6)11-8/h1-5H. The Labute approximate surface area is 68.9 Å². The van der Waals surface area contributed by atoms with E-state index in [4.69, 9.17) is 0 Å². The van der Waals surface area contributed by atoms with Gasteiger partial charge in [0, 0.05) is 0 Å². The van der Waals surface area contributed by atoms with Crippen molar-refractivity contribution in [2.75, 3.05) is 0 Å². The van der Waals surface area contributed by atoms with Gasteiger partial charge in [-0.05, 0) is 0 Å². The summed E-state index contributed by atoms with van der Waals surface area (Å²) in [4.78, 5) is 0. The third-order valence-corrected chi connectivity index (χ3v) is 2.60. The van der Waals surface area contributed by atoms with Gasteiger partial charge in [-0.2, -0.15) is 0 Å². The molecular weight excluding hydrogens is 155 g/mol. The molecule has 11 heavy (non-hydrogen) atoms. The molecule has 0 aliphatic heterocycles. The Balaban J connectivity index is 2.78. The van der Waals surface area contributed by atoms with Crippen LogP contribution in [0.25, 0.3) is 10.1 Å². The van der Waals surface area contributed by atoms with Crippen LogP contribution in [-0.4, -0.2) is 7.15 Å². The molecule has 0 aliphatic rings. The number of thiophene rings is 1. The zero-order valence-corrected chi connectivity index (χ0v) is 6.60. The Morgan fingerprint density at radius 2 is 2.09 bits per heavy atom. The molecule has 1 heterocycles. The number of rotatable bonds is 1. The van der Waals surface area contributed by atoms with Crippen LogP contribution >= 0.6 is 11.3 Å². The van der Waals surface area contributed by atoms with Gasteiger partial charge >= 0.3 is 68.4 Å². The summed E-state index contributed by atoms with van der Waals surface area (Å²) >= 11 is 1.53. The van der Waals surface area contributed by atoms with E-state index in [2.05, 4.69) is 0 Å². The van der Waals surface area contributed by atoms with Gasteiger partial charge in [-0.15, -0.1) is 0 Å². The van der Waals surface area contributed by atoms with Gasteiger partial charge < -0.3 is 0 Å². The minimum absolute atomic E-state index is 0.797. The van der Waals surface area contributed by atoms with E-state index in [0.29, 0.717) is 0 Å². The molecule has 1 nitrogen and oxygen atoms in total. The predicted molar refractivity (Wildman–Crippen MR) is 47.9 cm³/mol. The van der Waals surface area contributed by atoms with Crippen LogP contribution in [-0.2, 0) is 4.70 Å². The summed E-state index contributed by atoms with van der Waals surface area (Å²) in [6, 6.07) is 9.90. The minimum atomic E-state index is 0.797. The molecule has 0 saturated carbocycles. The first-order valence-corrected chi connectivity index (χ1v) is 4.15. The third kappa shape index (κ3) is 1.12. The molecule has 3 heteroatoms. The summed E-state index contributed by atoms with van der Waals surface area (Å²) in [7, 11) is 0.894. The molecule has 0 amide bonds. The fourth-order valence-corrected chi connectivity index (χ4v) is 1.94. The second-order valence-electron chi connectivity index (χ2n) is 2.30. The summed E-state index contributed by atoms with van der Waals surface area (Å²) in [5.74, 6) is 0. The Morgan fingerprint density at radius 1 is 1.27 bits per heavy atom. The fraction of sp³-hybridized carbons (Fsp3) is 0. The quantitative estimate of drug-likeness (QED) is 0.578. The van der Waals surface area contributed by atoms with Crippen molar-refractivity contribution >= 4 is 33.3 Å². The molecule has 0 N–H and O–H groups in total. The Hall–Kier alpha value is -0.955. The van der Waals surface area contributed by atoms with Gasteiger partial charge in [0.1, 0.15) is 0 Å². The van der Waals surface area contributed by atoms with Crippen molar-refractivity contribution in [3.8, 4) is 0 Å². The van der Waals surface area contributed by atoms with E-state index in [1.807, 2.05) is 30.3 Å². The molecule has 0 atom stereocenters. The van der Waals surface area contributed by atoms with Crippen molar-refractivity contribution in [1.82, 2.24) is 0 Å². The molecule has 0 saturated heterocycles. The van der Waals surface area contributed by atoms with E-state index < -0.39 is 0 Å². The zero-order valence-electron chi connectivity index (χ0n) is 5.78. The molecule has 1 aromatic heterocycles. The van der Waals surface area contributed by atoms with Crippen molar-refractivity contribution < 1.29 is 4.70 Å². The molecular formula is C8H5BOS. The molecule has 0 spiro atoms. The predicted octanol–water partition coefficient (Wildman–Crippen LogP) is 1.58. The monoisotopic (exact) mass is 160 g/mol. The van der Waals surface area contributed by atoms with Gasteiger partial charge in [-0.1, -0.05) is 0 Å². The SMILES string of the molecule is O=Bc1cc2ccccc2s1. The van der Waals surface area contributed by atoms with Crippen LogP contribution in [0.2, 0.25) is 0 Å². The molecule has 0 aliphatic carbocycles. The van der Waals surface area contributed by atoms with E-state index in [1.165, 1.54) is 16.0 Å². The average molecular weight is 160 g/mol. The first kappa shape index (κ1) is 6.74. The summed E-state index contributed by atoms with van der Waals surface area (Å²) in [5, 5.41) is 1.15. The summed E-state index contributed by atoms with van der Waals surface area (Å²) in [5.41, 5.74) is 0. The van der Waals surface area contributed by atoms with Crippen molar-refractivity contribution in [1.29, 1.82) is 0 Å². The van der Waals surface area contributed by atoms with Crippen molar-refractivity contribution in [3.63, 3.8) is 0 Å². The number of hydrogen-bond donors (Lipinski definition) is 0. The second-order valence-corrected chi connectivity index (χ2v) is 3.42. The second kappa shape index (κ2) is 2.59. The number of hydrogen-bond acceptors (Lipinski definition) is 2. The Kier molecular flexibility index (Phi) is 1.58. The first-order valence-electron chi connectivity index (χ1n) is 3.34. The molecule has 52 valence electrons. The van der Waals surface area contributed by atoms with E-state index in [9.17, 15) is 4.70 Å². The Bertz CT molecular complexity index is 361. The van der Waals surface area contributed by atoms with Gasteiger partial charge in [0.15, 0.2) is 0 Å². The van der Waals surface area contributed by atoms with E-state index in [1.54, 1.807) is 0 Å². The van der Waals surface area contributed by atoms with Gasteiger partial charge in [-0.3, -0.25) is 0 Å². The van der Waals surface area contributed by atoms with Crippen LogP contribution in [0, 0.1) is 0 Å². The van der Waals surface area contributed by atoms with E-state index in [0.717, 1.165) is 17.3 Å². The molecule has 0 unspecified atom stereocenters. The van der Waals surface area contributed by atoms with Gasteiger partial charge in [0.25, 0.3) is 0 Å². The zero-order chi connectivity index (χ0) is 7.68. The molecule has 0 fully saturated rings. The van der Waals surface area contributed by atoms with E-state index in [-0.39, 0.29) is 0 Å². The van der Waals surface area contributed by atoms with Crippen LogP contribution in [0.4, 0.5) is 0 Å². The fourth-order valence-electron chi connectivity index (χ4n) is 1.06. The summed E-state index contributed by atoms with van der Waals surface area (Å²) < 4.78 is 12.4. The Morgan fingerprint density at radius 3 is 2.82 bits per heavy atom.